The Morgan fingerprint density at radius 2 is 2.62 bits per heavy atom. The Morgan fingerprint density at radius 1 is 1.88 bits per heavy atom. The van der Waals surface area contributed by atoms with Gasteiger partial charge in [-0.2, -0.15) is 0 Å². The van der Waals surface area contributed by atoms with Gasteiger partial charge >= 0.3 is 0 Å². The van der Waals surface area contributed by atoms with Gasteiger partial charge in [0.25, 0.3) is 0 Å². The number of hydrogen-bond donors (Lipinski definition) is 2. The largest absolute Gasteiger partial charge is 0.408 e. The van der Waals surface area contributed by atoms with Crippen LogP contribution in [0.3, 0.4) is 0 Å². The molecule has 0 aromatic heterocycles. The van der Waals surface area contributed by atoms with Gasteiger partial charge in [0, 0.05) is 20.1 Å². The molecule has 1 aliphatic heterocycles. The number of nitrogens with zero attached hydrogens (tertiary/aromatic N) is 2. The molecule has 2 N–H and O–H groups in total. The second-order valence-corrected chi connectivity index (χ2v) is 1.77. The number of likely N-dealkylation sites (N-methyl/N-ethyl adjacent to an activating group) is 1. The van der Waals surface area contributed by atoms with Crippen LogP contribution in [0.5, 0.6) is 0 Å². The Bertz CT molecular complexity index is 112. The molecule has 0 saturated carbocycles. The van der Waals surface area contributed by atoms with Gasteiger partial charge in [0.05, 0.1) is 0 Å². The van der Waals surface area contributed by atoms with Gasteiger partial charge in [-0.15, -0.1) is 0 Å². The first-order valence-electron chi connectivity index (χ1n) is 2.51. The maximum atomic E-state index is 8.22. The van der Waals surface area contributed by atoms with Crippen LogP contribution in [-0.4, -0.2) is 36.2 Å². The SMILES string of the molecule is CN1CCNC1=NO. The van der Waals surface area contributed by atoms with E-state index in [0.717, 1.165) is 13.1 Å². The summed E-state index contributed by atoms with van der Waals surface area (Å²) in [6.07, 6.45) is 0. The Balaban J connectivity index is 2.55. The monoisotopic (exact) mass is 115 g/mol. The van der Waals surface area contributed by atoms with E-state index in [-0.39, 0.29) is 0 Å². The lowest BCUT2D eigenvalue weighted by atomic mass is 10.7. The van der Waals surface area contributed by atoms with Gasteiger partial charge < -0.3 is 15.4 Å². The lowest BCUT2D eigenvalue weighted by Crippen LogP contribution is -2.25. The van der Waals surface area contributed by atoms with Crippen LogP contribution in [-0.2, 0) is 0 Å². The van der Waals surface area contributed by atoms with E-state index in [4.69, 9.17) is 5.21 Å². The zero-order chi connectivity index (χ0) is 5.98. The Morgan fingerprint density at radius 3 is 2.88 bits per heavy atom. The first-order chi connectivity index (χ1) is 3.84. The van der Waals surface area contributed by atoms with Gasteiger partial charge in [-0.1, -0.05) is 5.16 Å². The van der Waals surface area contributed by atoms with Crippen LogP contribution in [0.2, 0.25) is 0 Å². The highest BCUT2D eigenvalue weighted by atomic mass is 16.4. The van der Waals surface area contributed by atoms with Crippen LogP contribution in [0.25, 0.3) is 0 Å². The molecule has 0 bridgehead atoms. The maximum Gasteiger partial charge on any atom is 0.235 e. The van der Waals surface area contributed by atoms with Crippen molar-refractivity contribution in [1.29, 1.82) is 0 Å². The molecule has 0 atom stereocenters. The van der Waals surface area contributed by atoms with Crippen molar-refractivity contribution < 1.29 is 5.21 Å². The number of rotatable bonds is 0. The molecular weight excluding hydrogens is 106 g/mol. The lowest BCUT2D eigenvalue weighted by molar-refractivity contribution is 0.308. The highest BCUT2D eigenvalue weighted by Crippen LogP contribution is 1.89. The molecule has 1 heterocycles. The van der Waals surface area contributed by atoms with Crippen LogP contribution >= 0.6 is 0 Å². The highest BCUT2D eigenvalue weighted by Gasteiger charge is 2.11. The van der Waals surface area contributed by atoms with Crippen molar-refractivity contribution in [1.82, 2.24) is 10.2 Å². The Labute approximate surface area is 47.8 Å². The minimum atomic E-state index is 0.560. The molecule has 4 heteroatoms. The van der Waals surface area contributed by atoms with Crippen LogP contribution in [0.15, 0.2) is 5.16 Å². The van der Waals surface area contributed by atoms with E-state index >= 15 is 0 Å². The number of hydrogen-bond acceptors (Lipinski definition) is 2. The van der Waals surface area contributed by atoms with E-state index in [2.05, 4.69) is 10.5 Å². The van der Waals surface area contributed by atoms with Crippen molar-refractivity contribution in [2.45, 2.75) is 0 Å². The Kier molecular flexibility index (Phi) is 1.24. The van der Waals surface area contributed by atoms with Crippen LogP contribution < -0.4 is 5.32 Å². The summed E-state index contributed by atoms with van der Waals surface area (Å²) in [5.41, 5.74) is 0. The summed E-state index contributed by atoms with van der Waals surface area (Å²) >= 11 is 0. The third-order valence-electron chi connectivity index (χ3n) is 1.19. The predicted molar refractivity (Wildman–Crippen MR) is 29.9 cm³/mol. The van der Waals surface area contributed by atoms with Crippen molar-refractivity contribution >= 4 is 5.96 Å². The molecule has 0 radical (unpaired) electrons. The van der Waals surface area contributed by atoms with Crippen molar-refractivity contribution in [3.63, 3.8) is 0 Å². The smallest absolute Gasteiger partial charge is 0.235 e. The van der Waals surface area contributed by atoms with E-state index in [9.17, 15) is 0 Å². The van der Waals surface area contributed by atoms with Gasteiger partial charge in [-0.05, 0) is 0 Å². The fraction of sp³-hybridized carbons (Fsp3) is 0.750. The molecule has 1 fully saturated rings. The fourth-order valence-corrected chi connectivity index (χ4v) is 0.688. The third kappa shape index (κ3) is 0.685. The van der Waals surface area contributed by atoms with Crippen molar-refractivity contribution in [2.75, 3.05) is 20.1 Å². The molecule has 0 amide bonds. The van der Waals surface area contributed by atoms with E-state index in [0.29, 0.717) is 5.96 Å². The first kappa shape index (κ1) is 5.21. The summed E-state index contributed by atoms with van der Waals surface area (Å²) in [4.78, 5) is 1.85. The maximum absolute atomic E-state index is 8.22. The average Bonchev–Trinajstić information content (AvgIpc) is 2.14. The number of oxime groups is 1. The van der Waals surface area contributed by atoms with Crippen LogP contribution in [0, 0.1) is 0 Å². The zero-order valence-electron chi connectivity index (χ0n) is 4.76. The fourth-order valence-electron chi connectivity index (χ4n) is 0.688. The molecule has 1 rings (SSSR count). The van der Waals surface area contributed by atoms with Crippen molar-refractivity contribution in [3.05, 3.63) is 0 Å². The van der Waals surface area contributed by atoms with E-state index in [1.807, 2.05) is 11.9 Å². The van der Waals surface area contributed by atoms with Gasteiger partial charge in [0.15, 0.2) is 0 Å². The Hall–Kier alpha value is -0.930. The molecule has 0 unspecified atom stereocenters. The van der Waals surface area contributed by atoms with E-state index in [1.54, 1.807) is 0 Å². The molecule has 46 valence electrons. The van der Waals surface area contributed by atoms with Gasteiger partial charge in [0.1, 0.15) is 0 Å². The van der Waals surface area contributed by atoms with Gasteiger partial charge in [-0.25, -0.2) is 0 Å². The summed E-state index contributed by atoms with van der Waals surface area (Å²) in [7, 11) is 1.87. The van der Waals surface area contributed by atoms with Crippen LogP contribution in [0.1, 0.15) is 0 Å². The topological polar surface area (TPSA) is 47.9 Å². The number of guanidine groups is 1. The zero-order valence-corrected chi connectivity index (χ0v) is 4.76. The molecule has 1 saturated heterocycles. The lowest BCUT2D eigenvalue weighted by Gasteiger charge is -2.05. The molecule has 4 nitrogen and oxygen atoms in total. The van der Waals surface area contributed by atoms with E-state index in [1.165, 1.54) is 0 Å². The minimum Gasteiger partial charge on any atom is -0.408 e. The molecule has 8 heavy (non-hydrogen) atoms. The van der Waals surface area contributed by atoms with Gasteiger partial charge in [0.2, 0.25) is 5.96 Å². The summed E-state index contributed by atoms with van der Waals surface area (Å²) in [5.74, 6) is 0.560. The van der Waals surface area contributed by atoms with Crippen molar-refractivity contribution in [3.8, 4) is 0 Å². The summed E-state index contributed by atoms with van der Waals surface area (Å²) < 4.78 is 0. The second kappa shape index (κ2) is 1.90. The molecule has 0 aromatic rings. The standard InChI is InChI=1S/C4H9N3O/c1-7-3-2-5-4(7)6-8/h8H,2-3H2,1H3,(H,5,6). The average molecular weight is 115 g/mol. The molecule has 0 spiro atoms. The summed E-state index contributed by atoms with van der Waals surface area (Å²) in [6.45, 7) is 1.79. The molecule has 1 aliphatic rings. The highest BCUT2D eigenvalue weighted by molar-refractivity contribution is 5.80. The normalized spacial score (nSPS) is 24.1. The third-order valence-corrected chi connectivity index (χ3v) is 1.19. The minimum absolute atomic E-state index is 0.560. The second-order valence-electron chi connectivity index (χ2n) is 1.77. The van der Waals surface area contributed by atoms with Crippen LogP contribution in [0.4, 0.5) is 0 Å². The van der Waals surface area contributed by atoms with Crippen molar-refractivity contribution in [2.24, 2.45) is 5.16 Å². The molecule has 0 aliphatic carbocycles. The first-order valence-corrected chi connectivity index (χ1v) is 2.51. The van der Waals surface area contributed by atoms with Gasteiger partial charge in [-0.3, -0.25) is 0 Å². The molecule has 0 aromatic carbocycles. The summed E-state index contributed by atoms with van der Waals surface area (Å²) in [6, 6.07) is 0. The number of nitrogens with one attached hydrogen (secondary N) is 1. The van der Waals surface area contributed by atoms with E-state index < -0.39 is 0 Å². The predicted octanol–water partition coefficient (Wildman–Crippen LogP) is -0.733. The molecular formula is C4H9N3O. The quantitative estimate of drug-likeness (QED) is 0.323. The summed E-state index contributed by atoms with van der Waals surface area (Å²) in [5, 5.41) is 14.1.